The van der Waals surface area contributed by atoms with Gasteiger partial charge in [-0.05, 0) is 92.0 Å². The van der Waals surface area contributed by atoms with Gasteiger partial charge in [-0.2, -0.15) is 0 Å². The minimum atomic E-state index is -1.89. The van der Waals surface area contributed by atoms with Gasteiger partial charge >= 0.3 is 5.97 Å². The highest BCUT2D eigenvalue weighted by molar-refractivity contribution is 5.98. The highest BCUT2D eigenvalue weighted by atomic mass is 16.6. The molecule has 11 atom stereocenters. The SMILES string of the molecule is CC[C@H](C)[C@@H]1NC(=O)[C@@H]2CCCN2C(=O)[C@H](Cc2cccc(-c3ccc(N4CCNCC4)nc3)c2)N(C)C(=O)[C@H](Cc2ccccc2)NC(=O)C(C(C)C)N(C)C(=O)[C@@H]([C@@H](C)CC)OC(=O)[C@H](C(C)(C)O)N(C)C(=O)[C@H](CC(C)C)NC[C@H](C(C)C)N(C)C1=O. The summed E-state index contributed by atoms with van der Waals surface area (Å²) >= 11 is 0. The number of nitrogens with one attached hydrogen (secondary N) is 4. The average Bonchev–Trinajstić information content (AvgIpc) is 1.38. The van der Waals surface area contributed by atoms with Crippen LogP contribution in [0.3, 0.4) is 0 Å². The lowest BCUT2D eigenvalue weighted by atomic mass is 9.93. The molecular formula is C69H105N11O10. The number of carbonyl (C=O) groups excluding carboxylic acids is 8. The second-order valence-corrected chi connectivity index (χ2v) is 27.1. The van der Waals surface area contributed by atoms with Gasteiger partial charge in [-0.3, -0.25) is 33.6 Å². The topological polar surface area (TPSA) is 246 Å². The summed E-state index contributed by atoms with van der Waals surface area (Å²) in [7, 11) is 6.07. The summed E-state index contributed by atoms with van der Waals surface area (Å²) in [5, 5.41) is 24.7. The Morgan fingerprint density at radius 3 is 1.88 bits per heavy atom. The highest BCUT2D eigenvalue weighted by Gasteiger charge is 2.47. The summed E-state index contributed by atoms with van der Waals surface area (Å²) in [5.41, 5.74) is 1.21. The van der Waals surface area contributed by atoms with Crippen LogP contribution >= 0.6 is 0 Å². The van der Waals surface area contributed by atoms with Gasteiger partial charge in [-0.15, -0.1) is 0 Å². The average molecular weight is 1250 g/mol. The molecule has 0 bridgehead atoms. The fourth-order valence-corrected chi connectivity index (χ4v) is 12.8. The Labute approximate surface area is 535 Å². The lowest BCUT2D eigenvalue weighted by Gasteiger charge is -2.40. The summed E-state index contributed by atoms with van der Waals surface area (Å²) in [4.78, 5) is 136. The Hall–Kier alpha value is -6.97. The van der Waals surface area contributed by atoms with Crippen LogP contribution in [0.5, 0.6) is 0 Å². The largest absolute Gasteiger partial charge is 0.450 e. The normalized spacial score (nSPS) is 25.8. The molecule has 3 saturated heterocycles. The molecule has 0 aliphatic carbocycles. The molecule has 21 nitrogen and oxygen atoms in total. The summed E-state index contributed by atoms with van der Waals surface area (Å²) < 4.78 is 6.19. The van der Waals surface area contributed by atoms with Crippen molar-refractivity contribution in [3.05, 3.63) is 84.1 Å². The van der Waals surface area contributed by atoms with E-state index in [1.165, 1.54) is 49.7 Å². The van der Waals surface area contributed by atoms with E-state index in [0.29, 0.717) is 43.2 Å². The van der Waals surface area contributed by atoms with Crippen molar-refractivity contribution in [3.8, 4) is 11.1 Å². The first-order valence-corrected chi connectivity index (χ1v) is 32.7. The molecule has 90 heavy (non-hydrogen) atoms. The van der Waals surface area contributed by atoms with E-state index in [9.17, 15) is 14.7 Å². The van der Waals surface area contributed by atoms with E-state index in [4.69, 9.17) is 9.72 Å². The van der Waals surface area contributed by atoms with Gasteiger partial charge < -0.3 is 60.5 Å². The lowest BCUT2D eigenvalue weighted by Crippen LogP contribution is -2.62. The van der Waals surface area contributed by atoms with Crippen LogP contribution in [0.4, 0.5) is 5.82 Å². The summed E-state index contributed by atoms with van der Waals surface area (Å²) in [5.74, 6) is -5.80. The molecule has 3 aliphatic heterocycles. The molecule has 0 radical (unpaired) electrons. The van der Waals surface area contributed by atoms with Crippen molar-refractivity contribution >= 4 is 53.1 Å². The second kappa shape index (κ2) is 32.4. The van der Waals surface area contributed by atoms with E-state index in [1.807, 2.05) is 121 Å². The zero-order valence-electron chi connectivity index (χ0n) is 56.5. The number of likely N-dealkylation sites (N-methyl/N-ethyl adjacent to an activating group) is 4. The third-order valence-corrected chi connectivity index (χ3v) is 18.6. The summed E-state index contributed by atoms with van der Waals surface area (Å²) in [6.07, 6.45) is 2.30. The number of carbonyl (C=O) groups is 8. The van der Waals surface area contributed by atoms with Crippen molar-refractivity contribution < 1.29 is 48.2 Å². The van der Waals surface area contributed by atoms with Gasteiger partial charge in [0.25, 0.3) is 5.91 Å². The maximum absolute atomic E-state index is 15.8. The highest BCUT2D eigenvalue weighted by Crippen LogP contribution is 2.29. The first-order chi connectivity index (χ1) is 42.5. The molecule has 2 aromatic carbocycles. The number of hydrogen-bond acceptors (Lipinski definition) is 14. The zero-order chi connectivity index (χ0) is 66.5. The van der Waals surface area contributed by atoms with Gasteiger partial charge in [0.05, 0.1) is 11.6 Å². The fourth-order valence-electron chi connectivity index (χ4n) is 12.8. The molecule has 4 heterocycles. The molecular weight excluding hydrogens is 1140 g/mol. The predicted octanol–water partition coefficient (Wildman–Crippen LogP) is 5.32. The Bertz CT molecular complexity index is 2910. The van der Waals surface area contributed by atoms with Crippen molar-refractivity contribution in [1.82, 2.24) is 50.8 Å². The molecule has 7 amide bonds. The van der Waals surface area contributed by atoms with Crippen LogP contribution < -0.4 is 26.2 Å². The predicted molar refractivity (Wildman–Crippen MR) is 349 cm³/mol. The number of pyridine rings is 1. The molecule has 3 aromatic rings. The molecule has 5 N–H and O–H groups in total. The molecule has 3 fully saturated rings. The number of fused-ring (bicyclic) bond motifs is 1. The van der Waals surface area contributed by atoms with Crippen LogP contribution in [0, 0.1) is 29.6 Å². The van der Waals surface area contributed by atoms with Crippen molar-refractivity contribution in [2.75, 3.05) is 72.4 Å². The molecule has 1 unspecified atom stereocenters. The van der Waals surface area contributed by atoms with Gasteiger partial charge in [-0.1, -0.05) is 130 Å². The standard InChI is InChI=1S/C69H105N11O10/c1-17-45(9)57-66(86)76(14)55(43(5)6)41-71-51(36-42(3)4)63(83)78(16)60(69(11,12)89)68(88)90-59(46(10)18-2)67(87)77(15)58(44(7)8)62(82)73-52(38-47-24-20-19-21-25-47)64(84)75(13)54(65(85)80-33-23-28-53(80)61(81)74-57)39-48-26-22-27-49(37-48)50-29-30-56(72-40-50)79-34-31-70-32-35-79/h19-22,24-27,29-30,37,40,42-46,51-55,57-60,70-71,89H,17-18,23,28,31-36,38-39,41H2,1-16H3,(H,73,82)(H,74,81)/t45-,46-,51-,52-,53-,54-,55+,57-,58?,59+,60+/m0/s1. The Morgan fingerprint density at radius 2 is 1.29 bits per heavy atom. The van der Waals surface area contributed by atoms with E-state index in [-0.39, 0.29) is 49.6 Å². The number of aliphatic hydroxyl groups is 1. The number of esters is 1. The number of rotatable bonds is 15. The van der Waals surface area contributed by atoms with Gasteiger partial charge in [0.2, 0.25) is 35.4 Å². The van der Waals surface area contributed by atoms with E-state index >= 15 is 28.8 Å². The maximum Gasteiger partial charge on any atom is 0.332 e. The monoisotopic (exact) mass is 1250 g/mol. The van der Waals surface area contributed by atoms with E-state index in [0.717, 1.165) is 48.0 Å². The Kier molecular flexibility index (Phi) is 25.9. The number of piperazine rings is 1. The smallest absolute Gasteiger partial charge is 0.332 e. The van der Waals surface area contributed by atoms with Crippen LogP contribution in [0.25, 0.3) is 11.1 Å². The van der Waals surface area contributed by atoms with Gasteiger partial charge in [0, 0.05) is 104 Å². The number of hydrogen-bond donors (Lipinski definition) is 5. The lowest BCUT2D eigenvalue weighted by molar-refractivity contribution is -0.177. The fraction of sp³-hybridized carbons (Fsp3) is 0.638. The summed E-state index contributed by atoms with van der Waals surface area (Å²) in [6.45, 7) is 25.3. The van der Waals surface area contributed by atoms with Crippen molar-refractivity contribution in [2.24, 2.45) is 29.6 Å². The third kappa shape index (κ3) is 18.0. The minimum Gasteiger partial charge on any atom is -0.450 e. The van der Waals surface area contributed by atoms with Crippen LogP contribution in [-0.4, -0.2) is 209 Å². The van der Waals surface area contributed by atoms with Gasteiger partial charge in [0.1, 0.15) is 36.0 Å². The number of cyclic esters (lactones) is 1. The third-order valence-electron chi connectivity index (χ3n) is 18.6. The van der Waals surface area contributed by atoms with Crippen LogP contribution in [-0.2, 0) is 55.9 Å². The molecule has 3 aliphatic rings. The molecule has 21 heteroatoms. The molecule has 6 rings (SSSR count). The van der Waals surface area contributed by atoms with E-state index in [1.54, 1.807) is 32.7 Å². The molecule has 1 aromatic heterocycles. The van der Waals surface area contributed by atoms with Gasteiger partial charge in [0.15, 0.2) is 12.1 Å². The maximum atomic E-state index is 15.8. The first kappa shape index (κ1) is 72.1. The van der Waals surface area contributed by atoms with Crippen LogP contribution in [0.1, 0.15) is 126 Å². The number of anilines is 1. The van der Waals surface area contributed by atoms with Crippen LogP contribution in [0.15, 0.2) is 72.9 Å². The van der Waals surface area contributed by atoms with Crippen molar-refractivity contribution in [1.29, 1.82) is 0 Å². The quantitative estimate of drug-likeness (QED) is 0.121. The van der Waals surface area contributed by atoms with Crippen molar-refractivity contribution in [2.45, 2.75) is 188 Å². The minimum absolute atomic E-state index is 0.0107. The van der Waals surface area contributed by atoms with E-state index in [2.05, 4.69) is 26.2 Å². The Morgan fingerprint density at radius 1 is 0.644 bits per heavy atom. The number of benzene rings is 2. The zero-order valence-corrected chi connectivity index (χ0v) is 56.5. The molecule has 0 saturated carbocycles. The molecule has 0 spiro atoms. The first-order valence-electron chi connectivity index (χ1n) is 32.7. The second-order valence-electron chi connectivity index (χ2n) is 27.1. The van der Waals surface area contributed by atoms with Crippen LogP contribution in [0.2, 0.25) is 0 Å². The number of ether oxygens (including phenoxy) is 1. The Balaban J connectivity index is 1.49. The van der Waals surface area contributed by atoms with Crippen molar-refractivity contribution in [3.63, 3.8) is 0 Å². The van der Waals surface area contributed by atoms with Gasteiger partial charge in [-0.25, -0.2) is 9.78 Å². The van der Waals surface area contributed by atoms with E-state index < -0.39 is 113 Å². The number of aromatic nitrogens is 1. The summed E-state index contributed by atoms with van der Waals surface area (Å²) in [6, 6.07) is 12.0. The number of nitrogens with zero attached hydrogens (tertiary/aromatic N) is 7. The number of amides is 7. The molecule has 496 valence electrons.